The number of aryl methyl sites for hydroxylation is 2. The minimum atomic E-state index is -3.36. The van der Waals surface area contributed by atoms with Crippen molar-refractivity contribution < 1.29 is 28.6 Å². The topological polar surface area (TPSA) is 77.8 Å². The standard InChI is InChI=1S/C26H33F2NO4S/c1-18(7-5-10-19-8-3-2-4-9-19)22(30)14-12-20-17-26(27,28)25(33)29(20)16-6-11-21-13-15-23(34-21)24(31)32/h2-4,8-9,13,15,18,20,22,30H,5-7,10-12,14,16-17H2,1H3,(H,31,32). The number of hydrogen-bond acceptors (Lipinski definition) is 4. The monoisotopic (exact) mass is 493 g/mol. The van der Waals surface area contributed by atoms with Crippen LogP contribution in [0.2, 0.25) is 0 Å². The highest BCUT2D eigenvalue weighted by molar-refractivity contribution is 7.13. The second-order valence-electron chi connectivity index (χ2n) is 9.24. The van der Waals surface area contributed by atoms with Gasteiger partial charge in [-0.1, -0.05) is 37.3 Å². The van der Waals surface area contributed by atoms with Crippen LogP contribution in [-0.2, 0) is 17.6 Å². The zero-order valence-corrected chi connectivity index (χ0v) is 20.3. The molecular weight excluding hydrogens is 460 g/mol. The highest BCUT2D eigenvalue weighted by atomic mass is 32.1. The SMILES string of the molecule is CC(CCCc1ccccc1)C(O)CCC1CC(F)(F)C(=O)N1CCCc1ccc(C(=O)O)s1. The van der Waals surface area contributed by atoms with Crippen LogP contribution in [0.4, 0.5) is 8.78 Å². The number of hydrogen-bond donors (Lipinski definition) is 2. The predicted octanol–water partition coefficient (Wildman–Crippen LogP) is 5.42. The van der Waals surface area contributed by atoms with Gasteiger partial charge in [0.15, 0.2) is 0 Å². The molecule has 5 nitrogen and oxygen atoms in total. The van der Waals surface area contributed by atoms with E-state index < -0.39 is 36.4 Å². The van der Waals surface area contributed by atoms with Gasteiger partial charge in [-0.15, -0.1) is 11.3 Å². The summed E-state index contributed by atoms with van der Waals surface area (Å²) in [4.78, 5) is 25.6. The van der Waals surface area contributed by atoms with Crippen LogP contribution < -0.4 is 0 Å². The van der Waals surface area contributed by atoms with E-state index >= 15 is 0 Å². The summed E-state index contributed by atoms with van der Waals surface area (Å²) < 4.78 is 28.3. The van der Waals surface area contributed by atoms with E-state index in [0.29, 0.717) is 25.7 Å². The molecule has 1 aromatic carbocycles. The summed E-state index contributed by atoms with van der Waals surface area (Å²) in [6.45, 7) is 2.18. The number of nitrogens with zero attached hydrogens (tertiary/aromatic N) is 1. The van der Waals surface area contributed by atoms with E-state index in [2.05, 4.69) is 12.1 Å². The Balaban J connectivity index is 1.45. The van der Waals surface area contributed by atoms with E-state index in [1.165, 1.54) is 16.5 Å². The van der Waals surface area contributed by atoms with Crippen molar-refractivity contribution in [2.24, 2.45) is 5.92 Å². The summed E-state index contributed by atoms with van der Waals surface area (Å²) in [6, 6.07) is 12.8. The number of likely N-dealkylation sites (tertiary alicyclic amines) is 1. The maximum atomic E-state index is 14.2. The Morgan fingerprint density at radius 3 is 2.56 bits per heavy atom. The Morgan fingerprint density at radius 2 is 1.88 bits per heavy atom. The molecule has 1 saturated heterocycles. The van der Waals surface area contributed by atoms with Gasteiger partial charge >= 0.3 is 11.9 Å². The van der Waals surface area contributed by atoms with Gasteiger partial charge in [0.25, 0.3) is 5.91 Å². The zero-order valence-electron chi connectivity index (χ0n) is 19.5. The number of halogens is 2. The molecule has 8 heteroatoms. The molecule has 3 unspecified atom stereocenters. The van der Waals surface area contributed by atoms with E-state index in [1.54, 1.807) is 6.07 Å². The molecule has 1 aromatic heterocycles. The highest BCUT2D eigenvalue weighted by Crippen LogP contribution is 2.36. The van der Waals surface area contributed by atoms with Crippen LogP contribution in [0, 0.1) is 5.92 Å². The van der Waals surface area contributed by atoms with Crippen molar-refractivity contribution in [2.45, 2.75) is 76.4 Å². The lowest BCUT2D eigenvalue weighted by molar-refractivity contribution is -0.148. The van der Waals surface area contributed by atoms with Crippen LogP contribution in [-0.4, -0.2) is 51.6 Å². The van der Waals surface area contributed by atoms with Crippen molar-refractivity contribution in [3.63, 3.8) is 0 Å². The third-order valence-corrected chi connectivity index (χ3v) is 7.75. The van der Waals surface area contributed by atoms with Gasteiger partial charge in [-0.25, -0.2) is 4.79 Å². The number of aliphatic hydroxyl groups excluding tert-OH is 1. The molecule has 1 aliphatic rings. The molecule has 2 heterocycles. The number of amides is 1. The Hall–Kier alpha value is -2.32. The molecule has 186 valence electrons. The summed E-state index contributed by atoms with van der Waals surface area (Å²) in [5.41, 5.74) is 1.26. The van der Waals surface area contributed by atoms with Crippen molar-refractivity contribution in [3.8, 4) is 0 Å². The average molecular weight is 494 g/mol. The van der Waals surface area contributed by atoms with Crippen LogP contribution in [0.25, 0.3) is 0 Å². The van der Waals surface area contributed by atoms with Gasteiger partial charge < -0.3 is 15.1 Å². The lowest BCUT2D eigenvalue weighted by atomic mass is 9.92. The number of aliphatic hydroxyl groups is 1. The number of carbonyl (C=O) groups is 2. The number of benzene rings is 1. The Bertz CT molecular complexity index is 949. The van der Waals surface area contributed by atoms with Gasteiger partial charge in [0.05, 0.1) is 6.10 Å². The fraction of sp³-hybridized carbons (Fsp3) is 0.538. The lowest BCUT2D eigenvalue weighted by Gasteiger charge is -2.26. The summed E-state index contributed by atoms with van der Waals surface area (Å²) in [5.74, 6) is -5.44. The second-order valence-corrected chi connectivity index (χ2v) is 10.4. The fourth-order valence-electron chi connectivity index (χ4n) is 4.58. The Kier molecular flexibility index (Phi) is 9.19. The summed E-state index contributed by atoms with van der Waals surface area (Å²) in [6.07, 6.45) is 3.35. The molecule has 2 N–H and O–H groups in total. The van der Waals surface area contributed by atoms with E-state index in [4.69, 9.17) is 5.11 Å². The first kappa shape index (κ1) is 26.3. The van der Waals surface area contributed by atoms with Crippen LogP contribution in [0.1, 0.15) is 65.6 Å². The fourth-order valence-corrected chi connectivity index (χ4v) is 5.46. The molecule has 0 saturated carbocycles. The molecule has 1 amide bonds. The van der Waals surface area contributed by atoms with Crippen molar-refractivity contribution in [1.82, 2.24) is 4.90 Å². The minimum absolute atomic E-state index is 0.0528. The molecule has 0 spiro atoms. The first-order valence-corrected chi connectivity index (χ1v) is 12.7. The van der Waals surface area contributed by atoms with Gasteiger partial charge in [0.1, 0.15) is 4.88 Å². The van der Waals surface area contributed by atoms with E-state index in [1.807, 2.05) is 25.1 Å². The second kappa shape index (κ2) is 11.9. The molecule has 34 heavy (non-hydrogen) atoms. The molecule has 1 fully saturated rings. The molecule has 0 bridgehead atoms. The minimum Gasteiger partial charge on any atom is -0.477 e. The lowest BCUT2D eigenvalue weighted by Crippen LogP contribution is -2.37. The van der Waals surface area contributed by atoms with E-state index in [0.717, 1.165) is 35.5 Å². The summed E-state index contributed by atoms with van der Waals surface area (Å²) >= 11 is 1.16. The summed E-state index contributed by atoms with van der Waals surface area (Å²) in [5, 5.41) is 19.6. The van der Waals surface area contributed by atoms with E-state index in [-0.39, 0.29) is 17.3 Å². The largest absolute Gasteiger partial charge is 0.477 e. The third-order valence-electron chi connectivity index (χ3n) is 6.62. The number of aromatic carboxylic acids is 1. The van der Waals surface area contributed by atoms with Crippen molar-refractivity contribution in [1.29, 1.82) is 0 Å². The van der Waals surface area contributed by atoms with E-state index in [9.17, 15) is 23.5 Å². The number of alkyl halides is 2. The van der Waals surface area contributed by atoms with Crippen LogP contribution in [0.5, 0.6) is 0 Å². The molecule has 0 aliphatic carbocycles. The van der Waals surface area contributed by atoms with Crippen molar-refractivity contribution in [2.75, 3.05) is 6.54 Å². The number of carboxylic acids is 1. The zero-order chi connectivity index (χ0) is 24.7. The molecule has 3 rings (SSSR count). The maximum Gasteiger partial charge on any atom is 0.345 e. The average Bonchev–Trinajstić information content (AvgIpc) is 3.36. The van der Waals surface area contributed by atoms with Crippen LogP contribution in [0.3, 0.4) is 0 Å². The number of carbonyl (C=O) groups excluding carboxylic acids is 1. The van der Waals surface area contributed by atoms with Crippen LogP contribution >= 0.6 is 11.3 Å². The molecular formula is C26H33F2NO4S. The van der Waals surface area contributed by atoms with Gasteiger partial charge in [-0.2, -0.15) is 8.78 Å². The number of thiophene rings is 1. The summed E-state index contributed by atoms with van der Waals surface area (Å²) in [7, 11) is 0. The molecule has 1 aliphatic heterocycles. The van der Waals surface area contributed by atoms with Gasteiger partial charge in [0.2, 0.25) is 0 Å². The highest BCUT2D eigenvalue weighted by Gasteiger charge is 2.52. The molecule has 3 atom stereocenters. The van der Waals surface area contributed by atoms with Crippen LogP contribution in [0.15, 0.2) is 42.5 Å². The van der Waals surface area contributed by atoms with Gasteiger partial charge in [0, 0.05) is 23.9 Å². The van der Waals surface area contributed by atoms with Crippen molar-refractivity contribution in [3.05, 3.63) is 57.8 Å². The van der Waals surface area contributed by atoms with Crippen molar-refractivity contribution >= 4 is 23.2 Å². The smallest absolute Gasteiger partial charge is 0.345 e. The molecule has 2 aromatic rings. The first-order valence-electron chi connectivity index (χ1n) is 11.9. The normalized spacial score (nSPS) is 19.4. The maximum absolute atomic E-state index is 14.2. The number of rotatable bonds is 13. The Labute approximate surface area is 203 Å². The van der Waals surface area contributed by atoms with Gasteiger partial charge in [-0.3, -0.25) is 4.79 Å². The quantitative estimate of drug-likeness (QED) is 0.391. The third kappa shape index (κ3) is 7.09. The first-order chi connectivity index (χ1) is 16.2. The predicted molar refractivity (Wildman–Crippen MR) is 128 cm³/mol. The van der Waals surface area contributed by atoms with Gasteiger partial charge in [-0.05, 0) is 68.6 Å². The molecule has 0 radical (unpaired) electrons. The number of carboxylic acid groups (broad SMARTS) is 1. The Morgan fingerprint density at radius 1 is 1.15 bits per heavy atom.